The average Bonchev–Trinajstić information content (AvgIpc) is 2.49. The van der Waals surface area contributed by atoms with Gasteiger partial charge in [0.25, 0.3) is 0 Å². The number of aryl methyl sites for hydroxylation is 4. The number of rotatable bonds is 5. The highest BCUT2D eigenvalue weighted by Crippen LogP contribution is 2.18. The van der Waals surface area contributed by atoms with Crippen LogP contribution >= 0.6 is 0 Å². The molecule has 0 aromatic heterocycles. The maximum atomic E-state index is 3.64. The highest BCUT2D eigenvalue weighted by molar-refractivity contribution is 5.36. The van der Waals surface area contributed by atoms with Crippen molar-refractivity contribution in [3.05, 3.63) is 69.8 Å². The molecule has 0 saturated heterocycles. The van der Waals surface area contributed by atoms with Gasteiger partial charge in [-0.2, -0.15) is 0 Å². The molecule has 1 heteroatoms. The summed E-state index contributed by atoms with van der Waals surface area (Å²) in [5.74, 6) is 0. The largest absolute Gasteiger partial charge is 0.306 e. The number of nitrogens with one attached hydrogen (secondary N) is 1. The van der Waals surface area contributed by atoms with Crippen LogP contribution in [0, 0.1) is 20.8 Å². The van der Waals surface area contributed by atoms with Crippen molar-refractivity contribution >= 4 is 0 Å². The van der Waals surface area contributed by atoms with Gasteiger partial charge in [0, 0.05) is 12.6 Å². The van der Waals surface area contributed by atoms with Crippen molar-refractivity contribution in [2.75, 3.05) is 0 Å². The van der Waals surface area contributed by atoms with Gasteiger partial charge in [0.05, 0.1) is 0 Å². The third-order valence-electron chi connectivity index (χ3n) is 4.44. The van der Waals surface area contributed by atoms with Crippen molar-refractivity contribution in [1.29, 1.82) is 0 Å². The van der Waals surface area contributed by atoms with E-state index in [0.29, 0.717) is 6.04 Å². The summed E-state index contributed by atoms with van der Waals surface area (Å²) in [5.41, 5.74) is 8.27. The lowest BCUT2D eigenvalue weighted by atomic mass is 10.00. The fraction of sp³-hybridized carbons (Fsp3) is 0.400. The maximum Gasteiger partial charge on any atom is 0.0294 e. The van der Waals surface area contributed by atoms with Crippen LogP contribution in [0.15, 0.2) is 36.4 Å². The molecule has 0 amide bonds. The monoisotopic (exact) mass is 281 g/mol. The van der Waals surface area contributed by atoms with Crippen molar-refractivity contribution in [2.45, 2.75) is 53.6 Å². The minimum Gasteiger partial charge on any atom is -0.306 e. The van der Waals surface area contributed by atoms with E-state index in [2.05, 4.69) is 76.3 Å². The Morgan fingerprint density at radius 1 is 0.905 bits per heavy atom. The summed E-state index contributed by atoms with van der Waals surface area (Å²) in [4.78, 5) is 0. The topological polar surface area (TPSA) is 12.0 Å². The minimum atomic E-state index is 0.372. The molecule has 0 fully saturated rings. The van der Waals surface area contributed by atoms with E-state index in [1.807, 2.05) is 0 Å². The Morgan fingerprint density at radius 3 is 2.14 bits per heavy atom. The first kappa shape index (κ1) is 15.8. The highest BCUT2D eigenvalue weighted by Gasteiger charge is 2.07. The van der Waals surface area contributed by atoms with E-state index >= 15 is 0 Å². The van der Waals surface area contributed by atoms with Crippen molar-refractivity contribution in [3.8, 4) is 0 Å². The van der Waals surface area contributed by atoms with Gasteiger partial charge in [0.15, 0.2) is 0 Å². The van der Waals surface area contributed by atoms with Crippen LogP contribution in [0.3, 0.4) is 0 Å². The molecule has 112 valence electrons. The molecule has 2 aromatic carbocycles. The summed E-state index contributed by atoms with van der Waals surface area (Å²) in [7, 11) is 0. The zero-order valence-electron chi connectivity index (χ0n) is 14.0. The maximum absolute atomic E-state index is 3.64. The number of hydrogen-bond acceptors (Lipinski definition) is 1. The first-order valence-corrected chi connectivity index (χ1v) is 7.90. The highest BCUT2D eigenvalue weighted by atomic mass is 14.9. The molecule has 0 heterocycles. The Kier molecular flexibility index (Phi) is 5.19. The van der Waals surface area contributed by atoms with Crippen LogP contribution < -0.4 is 5.32 Å². The van der Waals surface area contributed by atoms with Gasteiger partial charge in [0.2, 0.25) is 0 Å². The van der Waals surface area contributed by atoms with Gasteiger partial charge < -0.3 is 5.32 Å². The molecule has 0 bridgehead atoms. The molecule has 0 aliphatic rings. The second kappa shape index (κ2) is 6.91. The van der Waals surface area contributed by atoms with Crippen LogP contribution in [-0.2, 0) is 13.0 Å². The second-order valence-corrected chi connectivity index (χ2v) is 6.06. The minimum absolute atomic E-state index is 0.372. The first-order chi connectivity index (χ1) is 10.0. The molecule has 0 aliphatic carbocycles. The summed E-state index contributed by atoms with van der Waals surface area (Å²) >= 11 is 0. The van der Waals surface area contributed by atoms with Gasteiger partial charge in [-0.3, -0.25) is 0 Å². The molecule has 0 radical (unpaired) electrons. The molecule has 21 heavy (non-hydrogen) atoms. The first-order valence-electron chi connectivity index (χ1n) is 7.90. The van der Waals surface area contributed by atoms with Gasteiger partial charge in [-0.25, -0.2) is 0 Å². The van der Waals surface area contributed by atoms with Crippen LogP contribution in [0.5, 0.6) is 0 Å². The van der Waals surface area contributed by atoms with Crippen molar-refractivity contribution in [3.63, 3.8) is 0 Å². The van der Waals surface area contributed by atoms with Gasteiger partial charge in [-0.15, -0.1) is 0 Å². The number of hydrogen-bond donors (Lipinski definition) is 1. The molecule has 0 spiro atoms. The predicted molar refractivity (Wildman–Crippen MR) is 91.7 cm³/mol. The molecule has 0 saturated carbocycles. The van der Waals surface area contributed by atoms with Crippen LogP contribution in [0.1, 0.15) is 53.3 Å². The predicted octanol–water partition coefficient (Wildman–Crippen LogP) is 5.03. The van der Waals surface area contributed by atoms with E-state index in [4.69, 9.17) is 0 Å². The summed E-state index contributed by atoms with van der Waals surface area (Å²) in [6.07, 6.45) is 1.10. The molecular formula is C20H27N. The van der Waals surface area contributed by atoms with Crippen LogP contribution in [0.2, 0.25) is 0 Å². The lowest BCUT2D eigenvalue weighted by molar-refractivity contribution is 0.573. The Bertz CT molecular complexity index is 596. The average molecular weight is 281 g/mol. The normalized spacial score (nSPS) is 12.4. The van der Waals surface area contributed by atoms with Crippen molar-refractivity contribution in [2.24, 2.45) is 0 Å². The summed E-state index contributed by atoms with van der Waals surface area (Å²) < 4.78 is 0. The summed E-state index contributed by atoms with van der Waals surface area (Å²) in [6, 6.07) is 13.9. The fourth-order valence-corrected chi connectivity index (χ4v) is 2.63. The third-order valence-corrected chi connectivity index (χ3v) is 4.44. The lowest BCUT2D eigenvalue weighted by Gasteiger charge is -2.17. The third kappa shape index (κ3) is 3.95. The molecule has 1 unspecified atom stereocenters. The molecular weight excluding hydrogens is 254 g/mol. The lowest BCUT2D eigenvalue weighted by Crippen LogP contribution is -2.18. The standard InChI is InChI=1S/C20H27N/c1-6-18-7-9-19(10-8-18)17(5)21-13-20-12-15(3)14(2)11-16(20)4/h7-12,17,21H,6,13H2,1-5H3. The van der Waals surface area contributed by atoms with E-state index in [0.717, 1.165) is 13.0 Å². The van der Waals surface area contributed by atoms with E-state index < -0.39 is 0 Å². The summed E-state index contributed by atoms with van der Waals surface area (Å²) in [5, 5.41) is 3.64. The van der Waals surface area contributed by atoms with E-state index in [1.54, 1.807) is 0 Å². The molecule has 2 rings (SSSR count). The Morgan fingerprint density at radius 2 is 1.52 bits per heavy atom. The fourth-order valence-electron chi connectivity index (χ4n) is 2.63. The number of benzene rings is 2. The zero-order valence-corrected chi connectivity index (χ0v) is 14.0. The molecule has 1 N–H and O–H groups in total. The Labute approximate surface area is 129 Å². The second-order valence-electron chi connectivity index (χ2n) is 6.06. The van der Waals surface area contributed by atoms with E-state index in [9.17, 15) is 0 Å². The Hall–Kier alpha value is -1.60. The van der Waals surface area contributed by atoms with Crippen molar-refractivity contribution < 1.29 is 0 Å². The van der Waals surface area contributed by atoms with Gasteiger partial charge >= 0.3 is 0 Å². The summed E-state index contributed by atoms with van der Waals surface area (Å²) in [6.45, 7) is 11.9. The molecule has 0 aliphatic heterocycles. The smallest absolute Gasteiger partial charge is 0.0294 e. The van der Waals surface area contributed by atoms with Crippen LogP contribution in [-0.4, -0.2) is 0 Å². The van der Waals surface area contributed by atoms with Crippen LogP contribution in [0.25, 0.3) is 0 Å². The quantitative estimate of drug-likeness (QED) is 0.811. The Balaban J connectivity index is 2.03. The zero-order chi connectivity index (χ0) is 15.4. The van der Waals surface area contributed by atoms with Gasteiger partial charge in [-0.1, -0.05) is 43.3 Å². The van der Waals surface area contributed by atoms with Crippen LogP contribution in [0.4, 0.5) is 0 Å². The molecule has 1 atom stereocenters. The van der Waals surface area contributed by atoms with E-state index in [-0.39, 0.29) is 0 Å². The van der Waals surface area contributed by atoms with Crippen molar-refractivity contribution in [1.82, 2.24) is 5.32 Å². The molecule has 2 aromatic rings. The van der Waals surface area contributed by atoms with E-state index in [1.165, 1.54) is 33.4 Å². The SMILES string of the molecule is CCc1ccc(C(C)NCc2cc(C)c(C)cc2C)cc1. The van der Waals surface area contributed by atoms with Gasteiger partial charge in [-0.05, 0) is 67.5 Å². The molecule has 1 nitrogen and oxygen atoms in total. The van der Waals surface area contributed by atoms with Gasteiger partial charge in [0.1, 0.15) is 0 Å².